The highest BCUT2D eigenvalue weighted by molar-refractivity contribution is 6.23. The molecular formula is C34H40N2O7. The lowest BCUT2D eigenvalue weighted by molar-refractivity contribution is -0.155. The third kappa shape index (κ3) is 4.55. The number of fused-ring (bicyclic) bond motifs is 3. The summed E-state index contributed by atoms with van der Waals surface area (Å²) in [6.07, 6.45) is 11.5. The second kappa shape index (κ2) is 10.8. The van der Waals surface area contributed by atoms with Gasteiger partial charge in [0.15, 0.2) is 11.4 Å². The number of benzene rings is 1. The van der Waals surface area contributed by atoms with Crippen molar-refractivity contribution in [2.75, 3.05) is 6.54 Å². The van der Waals surface area contributed by atoms with E-state index in [2.05, 4.69) is 17.5 Å². The molecule has 0 radical (unpaired) electrons. The number of ketones is 2. The fourth-order valence-electron chi connectivity index (χ4n) is 8.26. The van der Waals surface area contributed by atoms with Crippen molar-refractivity contribution in [1.82, 2.24) is 5.32 Å². The number of carbonyl (C=O) groups excluding carboxylic acids is 3. The molecule has 1 aromatic rings. The Morgan fingerprint density at radius 3 is 2.49 bits per heavy atom. The van der Waals surface area contributed by atoms with Gasteiger partial charge >= 0.3 is 0 Å². The van der Waals surface area contributed by atoms with Gasteiger partial charge in [0.2, 0.25) is 5.78 Å². The van der Waals surface area contributed by atoms with Crippen LogP contribution in [0.4, 0.5) is 0 Å². The topological polar surface area (TPSA) is 170 Å². The number of hydrogen-bond acceptors (Lipinski definition) is 8. The first kappa shape index (κ1) is 29.4. The van der Waals surface area contributed by atoms with Gasteiger partial charge in [-0.25, -0.2) is 0 Å². The number of nitrogens with two attached hydrogens (primary N) is 1. The molecule has 5 aliphatic rings. The van der Waals surface area contributed by atoms with E-state index in [4.69, 9.17) is 5.73 Å². The molecule has 2 fully saturated rings. The quantitative estimate of drug-likeness (QED) is 0.271. The molecule has 9 nitrogen and oxygen atoms in total. The zero-order chi connectivity index (χ0) is 30.8. The van der Waals surface area contributed by atoms with Crippen LogP contribution in [-0.4, -0.2) is 56.1 Å². The van der Waals surface area contributed by atoms with Crippen molar-refractivity contribution in [3.63, 3.8) is 0 Å². The number of hydrogen-bond donors (Lipinski definition) is 6. The highest BCUT2D eigenvalue weighted by atomic mass is 16.3. The molecule has 6 rings (SSSR count). The highest BCUT2D eigenvalue weighted by Gasteiger charge is 2.64. The molecule has 228 valence electrons. The summed E-state index contributed by atoms with van der Waals surface area (Å²) < 4.78 is 0. The van der Waals surface area contributed by atoms with Gasteiger partial charge in [0, 0.05) is 30.0 Å². The highest BCUT2D eigenvalue weighted by Crippen LogP contribution is 2.55. The predicted molar refractivity (Wildman–Crippen MR) is 161 cm³/mol. The van der Waals surface area contributed by atoms with Gasteiger partial charge in [-0.2, -0.15) is 0 Å². The number of Topliss-reactive ketones (excluding diaryl/α,β-unsaturated/α-hetero) is 2. The van der Waals surface area contributed by atoms with Crippen molar-refractivity contribution >= 4 is 28.8 Å². The van der Waals surface area contributed by atoms with Gasteiger partial charge in [0.1, 0.15) is 22.8 Å². The lowest BCUT2D eigenvalue weighted by Crippen LogP contribution is -2.62. The molecule has 43 heavy (non-hydrogen) atoms. The number of rotatable bonds is 6. The SMILES string of the molecule is CC(C)[C@@H]1C(=O)C(C(N)=O)=C(O)[C@@]2(O)C(=O)C3=C(O)c4c(O)ccc(C5=CC=C(CNC6CCCCC6)C5)c4C[C@H]3C[C@@H]12. The number of aliphatic hydroxyl groups is 3. The maximum atomic E-state index is 14.1. The number of aliphatic hydroxyl groups excluding tert-OH is 2. The predicted octanol–water partition coefficient (Wildman–Crippen LogP) is 3.94. The number of aromatic hydroxyl groups is 1. The molecule has 2 saturated carbocycles. The van der Waals surface area contributed by atoms with Crippen LogP contribution in [0.25, 0.3) is 11.3 Å². The molecule has 0 aliphatic heterocycles. The van der Waals surface area contributed by atoms with Gasteiger partial charge < -0.3 is 31.5 Å². The molecule has 5 aliphatic carbocycles. The minimum absolute atomic E-state index is 0.106. The zero-order valence-electron chi connectivity index (χ0n) is 24.7. The van der Waals surface area contributed by atoms with E-state index in [0.29, 0.717) is 11.6 Å². The van der Waals surface area contributed by atoms with Crippen molar-refractivity contribution in [3.8, 4) is 5.75 Å². The van der Waals surface area contributed by atoms with Crippen LogP contribution in [0.3, 0.4) is 0 Å². The van der Waals surface area contributed by atoms with E-state index in [1.807, 2.05) is 6.07 Å². The van der Waals surface area contributed by atoms with E-state index in [1.54, 1.807) is 13.8 Å². The summed E-state index contributed by atoms with van der Waals surface area (Å²) in [7, 11) is 0. The Hall–Kier alpha value is -3.69. The normalized spacial score (nSPS) is 29.3. The van der Waals surface area contributed by atoms with Crippen molar-refractivity contribution in [1.29, 1.82) is 0 Å². The molecule has 0 aromatic heterocycles. The first-order valence-electron chi connectivity index (χ1n) is 15.4. The van der Waals surface area contributed by atoms with Gasteiger partial charge in [0.25, 0.3) is 5.91 Å². The number of amides is 1. The first-order chi connectivity index (χ1) is 20.4. The van der Waals surface area contributed by atoms with Crippen molar-refractivity contribution in [3.05, 3.63) is 63.5 Å². The third-order valence-electron chi connectivity index (χ3n) is 10.4. The molecule has 1 aromatic carbocycles. The fourth-order valence-corrected chi connectivity index (χ4v) is 8.26. The minimum Gasteiger partial charge on any atom is -0.508 e. The number of phenols is 1. The van der Waals surface area contributed by atoms with E-state index in [1.165, 1.54) is 43.7 Å². The standard InChI is InChI=1S/C34H40N2O7/c1-16(2)25-23-14-19-13-22-21(18-9-8-17(12-18)15-36-20-6-4-3-5-7-20)10-11-24(37)27(22)30(39)26(19)31(40)34(23,43)32(41)28(29(25)38)33(35)42/h8-11,16,19-20,23,25,36-37,39,41,43H,3-7,12-15H2,1-2H3,(H2,35,42)/t19-,23-,25-,34-/m0/s1. The molecule has 7 N–H and O–H groups in total. The Morgan fingerprint density at radius 1 is 1.09 bits per heavy atom. The number of nitrogens with one attached hydrogen (secondary N) is 1. The Labute approximate surface area is 250 Å². The maximum absolute atomic E-state index is 14.1. The summed E-state index contributed by atoms with van der Waals surface area (Å²) in [5, 5.41) is 48.9. The van der Waals surface area contributed by atoms with Crippen LogP contribution >= 0.6 is 0 Å². The lowest BCUT2D eigenvalue weighted by Gasteiger charge is -2.50. The Kier molecular flexibility index (Phi) is 7.37. The van der Waals surface area contributed by atoms with Crippen LogP contribution in [-0.2, 0) is 20.8 Å². The molecule has 0 saturated heterocycles. The largest absolute Gasteiger partial charge is 0.508 e. The second-order valence-corrected chi connectivity index (χ2v) is 13.2. The molecule has 4 atom stereocenters. The van der Waals surface area contributed by atoms with Crippen LogP contribution in [0.2, 0.25) is 0 Å². The summed E-state index contributed by atoms with van der Waals surface area (Å²) in [6.45, 7) is 4.31. The molecule has 0 spiro atoms. The molecule has 0 bridgehead atoms. The smallest absolute Gasteiger partial charge is 0.255 e. The third-order valence-corrected chi connectivity index (χ3v) is 10.4. The number of allylic oxidation sites excluding steroid dienone is 3. The lowest BCUT2D eigenvalue weighted by atomic mass is 9.54. The average Bonchev–Trinajstić information content (AvgIpc) is 3.43. The van der Waals surface area contributed by atoms with Gasteiger partial charge in [-0.05, 0) is 66.7 Å². The van der Waals surface area contributed by atoms with E-state index < -0.39 is 57.9 Å². The molecule has 0 unspecified atom stereocenters. The summed E-state index contributed by atoms with van der Waals surface area (Å²) >= 11 is 0. The molecular weight excluding hydrogens is 548 g/mol. The summed E-state index contributed by atoms with van der Waals surface area (Å²) in [6, 6.07) is 3.86. The van der Waals surface area contributed by atoms with E-state index in [9.17, 15) is 34.8 Å². The molecule has 9 heteroatoms. The van der Waals surface area contributed by atoms with Crippen LogP contribution in [0, 0.1) is 23.7 Å². The fraction of sp³-hybridized carbons (Fsp3) is 0.500. The van der Waals surface area contributed by atoms with E-state index in [-0.39, 0.29) is 35.6 Å². The van der Waals surface area contributed by atoms with Crippen molar-refractivity contribution in [2.45, 2.75) is 76.9 Å². The number of carbonyl (C=O) groups is 3. The van der Waals surface area contributed by atoms with Crippen LogP contribution in [0.1, 0.15) is 75.5 Å². The Morgan fingerprint density at radius 2 is 1.81 bits per heavy atom. The zero-order valence-corrected chi connectivity index (χ0v) is 24.7. The Balaban J connectivity index is 1.35. The van der Waals surface area contributed by atoms with Gasteiger partial charge in [-0.1, -0.05) is 56.9 Å². The second-order valence-electron chi connectivity index (χ2n) is 13.2. The minimum atomic E-state index is -2.60. The average molecular weight is 589 g/mol. The molecule has 1 amide bonds. The van der Waals surface area contributed by atoms with Crippen LogP contribution in [0.15, 0.2) is 46.8 Å². The summed E-state index contributed by atoms with van der Waals surface area (Å²) in [4.78, 5) is 39.6. The van der Waals surface area contributed by atoms with Crippen molar-refractivity contribution in [2.24, 2.45) is 29.4 Å². The van der Waals surface area contributed by atoms with E-state index in [0.717, 1.165) is 24.1 Å². The van der Waals surface area contributed by atoms with Crippen LogP contribution in [0.5, 0.6) is 5.75 Å². The van der Waals surface area contributed by atoms with Gasteiger partial charge in [-0.3, -0.25) is 14.4 Å². The summed E-state index contributed by atoms with van der Waals surface area (Å²) in [5.41, 5.74) is 5.91. The first-order valence-corrected chi connectivity index (χ1v) is 15.4. The van der Waals surface area contributed by atoms with Crippen LogP contribution < -0.4 is 11.1 Å². The van der Waals surface area contributed by atoms with Gasteiger partial charge in [0.05, 0.1) is 5.56 Å². The maximum Gasteiger partial charge on any atom is 0.255 e. The molecule has 0 heterocycles. The van der Waals surface area contributed by atoms with Gasteiger partial charge in [-0.15, -0.1) is 0 Å². The summed E-state index contributed by atoms with van der Waals surface area (Å²) in [5.74, 6) is -7.53. The van der Waals surface area contributed by atoms with E-state index >= 15 is 0 Å². The number of primary amides is 1. The van der Waals surface area contributed by atoms with Crippen molar-refractivity contribution < 1.29 is 34.8 Å². The number of phenolic OH excluding ortho intramolecular Hbond substituents is 1. The monoisotopic (exact) mass is 588 g/mol. The Bertz CT molecular complexity index is 1540.